The fourth-order valence-corrected chi connectivity index (χ4v) is 2.04. The van der Waals surface area contributed by atoms with E-state index in [1.54, 1.807) is 7.11 Å². The van der Waals surface area contributed by atoms with Crippen molar-refractivity contribution >= 4 is 11.6 Å². The average Bonchev–Trinajstić information content (AvgIpc) is 2.39. The summed E-state index contributed by atoms with van der Waals surface area (Å²) in [6.45, 7) is 2.09. The van der Waals surface area contributed by atoms with Gasteiger partial charge in [-0.25, -0.2) is 0 Å². The topological polar surface area (TPSA) is 9.23 Å². The maximum Gasteiger partial charge on any atom is 0.119 e. The zero-order valence-corrected chi connectivity index (χ0v) is 10.8. The Labute approximate surface area is 107 Å². The third-order valence-electron chi connectivity index (χ3n) is 2.85. The third-order valence-corrected chi connectivity index (χ3v) is 3.16. The predicted molar refractivity (Wildman–Crippen MR) is 72.7 cm³/mol. The Balaban J connectivity index is 2.38. The van der Waals surface area contributed by atoms with Gasteiger partial charge in [-0.3, -0.25) is 0 Å². The van der Waals surface area contributed by atoms with E-state index in [-0.39, 0.29) is 0 Å². The molecule has 0 spiro atoms. The molecule has 0 aliphatic rings. The van der Waals surface area contributed by atoms with Crippen molar-refractivity contribution in [3.63, 3.8) is 0 Å². The van der Waals surface area contributed by atoms with Gasteiger partial charge in [0.2, 0.25) is 0 Å². The van der Waals surface area contributed by atoms with E-state index in [1.165, 1.54) is 16.7 Å². The molecule has 2 aromatic carbocycles. The number of alkyl halides is 1. The summed E-state index contributed by atoms with van der Waals surface area (Å²) in [5.41, 5.74) is 4.79. The molecular weight excluding hydrogens is 232 g/mol. The van der Waals surface area contributed by atoms with Crippen molar-refractivity contribution in [3.8, 4) is 16.9 Å². The van der Waals surface area contributed by atoms with Crippen LogP contribution < -0.4 is 4.74 Å². The second-order valence-corrected chi connectivity index (χ2v) is 4.28. The van der Waals surface area contributed by atoms with Gasteiger partial charge in [-0.1, -0.05) is 30.3 Å². The lowest BCUT2D eigenvalue weighted by atomic mass is 9.99. The Morgan fingerprint density at radius 1 is 1.06 bits per heavy atom. The molecule has 0 fully saturated rings. The molecular formula is C15H15ClO. The molecule has 88 valence electrons. The highest BCUT2D eigenvalue weighted by Gasteiger charge is 2.03. The number of ether oxygens (including phenoxy) is 1. The number of aryl methyl sites for hydroxylation is 1. The van der Waals surface area contributed by atoms with E-state index in [0.717, 1.165) is 11.3 Å². The largest absolute Gasteiger partial charge is 0.497 e. The first-order valence-corrected chi connectivity index (χ1v) is 6.08. The number of halogens is 1. The Bertz CT molecular complexity index is 503. The minimum absolute atomic E-state index is 0.557. The zero-order chi connectivity index (χ0) is 12.3. The van der Waals surface area contributed by atoms with E-state index in [4.69, 9.17) is 16.3 Å². The smallest absolute Gasteiger partial charge is 0.119 e. The number of benzene rings is 2. The van der Waals surface area contributed by atoms with Crippen LogP contribution in [0, 0.1) is 6.92 Å². The molecule has 0 heterocycles. The van der Waals surface area contributed by atoms with Crippen molar-refractivity contribution < 1.29 is 4.74 Å². The standard InChI is InChI=1S/C15H15ClO/c1-11-9-14(17-2)7-8-15(11)13-5-3-12(10-16)4-6-13/h3-9H,10H2,1-2H3. The number of hydrogen-bond acceptors (Lipinski definition) is 1. The fraction of sp³-hybridized carbons (Fsp3) is 0.200. The van der Waals surface area contributed by atoms with Gasteiger partial charge >= 0.3 is 0 Å². The monoisotopic (exact) mass is 246 g/mol. The summed E-state index contributed by atoms with van der Waals surface area (Å²) in [5, 5.41) is 0. The quantitative estimate of drug-likeness (QED) is 0.729. The lowest BCUT2D eigenvalue weighted by molar-refractivity contribution is 0.414. The minimum atomic E-state index is 0.557. The Morgan fingerprint density at radius 2 is 1.76 bits per heavy atom. The minimum Gasteiger partial charge on any atom is -0.497 e. The fourth-order valence-electron chi connectivity index (χ4n) is 1.86. The molecule has 0 aliphatic heterocycles. The second kappa shape index (κ2) is 5.24. The van der Waals surface area contributed by atoms with Crippen LogP contribution in [0.3, 0.4) is 0 Å². The van der Waals surface area contributed by atoms with Gasteiger partial charge in [0.25, 0.3) is 0 Å². The van der Waals surface area contributed by atoms with Crippen molar-refractivity contribution in [2.45, 2.75) is 12.8 Å². The highest BCUT2D eigenvalue weighted by atomic mass is 35.5. The van der Waals surface area contributed by atoms with Crippen molar-refractivity contribution in [2.24, 2.45) is 0 Å². The number of rotatable bonds is 3. The molecule has 0 saturated heterocycles. The molecule has 0 aliphatic carbocycles. The lowest BCUT2D eigenvalue weighted by Gasteiger charge is -2.08. The number of hydrogen-bond donors (Lipinski definition) is 0. The van der Waals surface area contributed by atoms with Gasteiger partial charge in [0, 0.05) is 5.88 Å². The van der Waals surface area contributed by atoms with Gasteiger partial charge < -0.3 is 4.74 Å². The van der Waals surface area contributed by atoms with Gasteiger partial charge in [-0.15, -0.1) is 11.6 Å². The van der Waals surface area contributed by atoms with Crippen LogP contribution in [0.4, 0.5) is 0 Å². The highest BCUT2D eigenvalue weighted by Crippen LogP contribution is 2.27. The van der Waals surface area contributed by atoms with E-state index in [2.05, 4.69) is 37.3 Å². The molecule has 0 N–H and O–H groups in total. The molecule has 2 aromatic rings. The van der Waals surface area contributed by atoms with Crippen LogP contribution in [0.5, 0.6) is 5.75 Å². The van der Waals surface area contributed by atoms with Crippen molar-refractivity contribution in [2.75, 3.05) is 7.11 Å². The summed E-state index contributed by atoms with van der Waals surface area (Å²) in [7, 11) is 1.68. The molecule has 1 nitrogen and oxygen atoms in total. The third kappa shape index (κ3) is 2.62. The van der Waals surface area contributed by atoms with Gasteiger partial charge in [0.05, 0.1) is 7.11 Å². The molecule has 0 aromatic heterocycles. The van der Waals surface area contributed by atoms with Gasteiger partial charge in [-0.05, 0) is 41.3 Å². The molecule has 2 heteroatoms. The van der Waals surface area contributed by atoms with Crippen molar-refractivity contribution in [1.82, 2.24) is 0 Å². The zero-order valence-electron chi connectivity index (χ0n) is 10.0. The van der Waals surface area contributed by atoms with E-state index < -0.39 is 0 Å². The molecule has 0 unspecified atom stereocenters. The summed E-state index contributed by atoms with van der Waals surface area (Å²) in [5.74, 6) is 1.45. The van der Waals surface area contributed by atoms with Crippen LogP contribution in [0.25, 0.3) is 11.1 Å². The first-order valence-electron chi connectivity index (χ1n) is 5.54. The Hall–Kier alpha value is -1.47. The number of methoxy groups -OCH3 is 1. The molecule has 2 rings (SSSR count). The van der Waals surface area contributed by atoms with Gasteiger partial charge in [-0.2, -0.15) is 0 Å². The van der Waals surface area contributed by atoms with E-state index in [1.807, 2.05) is 12.1 Å². The van der Waals surface area contributed by atoms with E-state index in [0.29, 0.717) is 5.88 Å². The normalized spacial score (nSPS) is 10.3. The van der Waals surface area contributed by atoms with E-state index >= 15 is 0 Å². The lowest BCUT2D eigenvalue weighted by Crippen LogP contribution is -1.87. The van der Waals surface area contributed by atoms with Crippen LogP contribution in [0.2, 0.25) is 0 Å². The maximum absolute atomic E-state index is 5.78. The predicted octanol–water partition coefficient (Wildman–Crippen LogP) is 4.41. The van der Waals surface area contributed by atoms with Crippen molar-refractivity contribution in [3.05, 3.63) is 53.6 Å². The molecule has 0 bridgehead atoms. The molecule has 0 radical (unpaired) electrons. The van der Waals surface area contributed by atoms with E-state index in [9.17, 15) is 0 Å². The van der Waals surface area contributed by atoms with Crippen molar-refractivity contribution in [1.29, 1.82) is 0 Å². The molecule has 0 saturated carbocycles. The summed E-state index contributed by atoms with van der Waals surface area (Å²) < 4.78 is 5.20. The first-order chi connectivity index (χ1) is 8.24. The summed E-state index contributed by atoms with van der Waals surface area (Å²) >= 11 is 5.78. The van der Waals surface area contributed by atoms with Crippen LogP contribution in [0.15, 0.2) is 42.5 Å². The highest BCUT2D eigenvalue weighted by molar-refractivity contribution is 6.17. The first kappa shape index (κ1) is 12.0. The van der Waals surface area contributed by atoms with Crippen LogP contribution in [-0.4, -0.2) is 7.11 Å². The maximum atomic E-state index is 5.78. The summed E-state index contributed by atoms with van der Waals surface area (Å²) in [6, 6.07) is 14.4. The Kier molecular flexibility index (Phi) is 3.70. The van der Waals surface area contributed by atoms with Crippen LogP contribution >= 0.6 is 11.6 Å². The molecule has 0 amide bonds. The molecule has 0 atom stereocenters. The van der Waals surface area contributed by atoms with Crippen LogP contribution in [-0.2, 0) is 5.88 Å². The van der Waals surface area contributed by atoms with Crippen LogP contribution in [0.1, 0.15) is 11.1 Å². The summed E-state index contributed by atoms with van der Waals surface area (Å²) in [6.07, 6.45) is 0. The SMILES string of the molecule is COc1ccc(-c2ccc(CCl)cc2)c(C)c1. The van der Waals surface area contributed by atoms with Gasteiger partial charge in [0.1, 0.15) is 5.75 Å². The van der Waals surface area contributed by atoms with Gasteiger partial charge in [0.15, 0.2) is 0 Å². The summed E-state index contributed by atoms with van der Waals surface area (Å²) in [4.78, 5) is 0. The average molecular weight is 247 g/mol. The Morgan fingerprint density at radius 3 is 2.29 bits per heavy atom. The molecule has 17 heavy (non-hydrogen) atoms. The second-order valence-electron chi connectivity index (χ2n) is 4.01.